The van der Waals surface area contributed by atoms with Gasteiger partial charge in [-0.25, -0.2) is 0 Å². The summed E-state index contributed by atoms with van der Waals surface area (Å²) in [5, 5.41) is 15.8. The van der Waals surface area contributed by atoms with Crippen molar-refractivity contribution < 1.29 is 24.2 Å². The molecule has 1 aromatic heterocycles. The molecule has 2 aliphatic heterocycles. The number of likely N-dealkylation sites (tertiary alicyclic amines) is 2. The molecule has 3 heterocycles. The Morgan fingerprint density at radius 2 is 1.56 bits per heavy atom. The number of nitrogens with one attached hydrogen (secondary N) is 1. The number of Topliss-reactive ketones (excluding diaryl/α,β-unsaturated/α-hetero) is 1. The number of carboxylic acid groups (broad SMARTS) is 1. The highest BCUT2D eigenvalue weighted by Gasteiger charge is 2.52. The number of hydrogen-bond acceptors (Lipinski definition) is 7. The molecule has 11 heteroatoms. The van der Waals surface area contributed by atoms with Gasteiger partial charge in [-0.1, -0.05) is 47.8 Å². The van der Waals surface area contributed by atoms with Crippen LogP contribution in [-0.4, -0.2) is 70.7 Å². The number of halogens is 2. The van der Waals surface area contributed by atoms with Gasteiger partial charge < -0.3 is 15.2 Å². The molecule has 1 aliphatic carbocycles. The number of thiophene rings is 1. The van der Waals surface area contributed by atoms with Crippen molar-refractivity contribution in [2.45, 2.75) is 76.2 Å². The Morgan fingerprint density at radius 1 is 0.911 bits per heavy atom. The summed E-state index contributed by atoms with van der Waals surface area (Å²) in [7, 11) is 0. The molecule has 0 bridgehead atoms. The van der Waals surface area contributed by atoms with Crippen molar-refractivity contribution in [3.05, 3.63) is 63.0 Å². The molecule has 1 unspecified atom stereocenters. The van der Waals surface area contributed by atoms with E-state index in [0.29, 0.717) is 52.5 Å². The number of ether oxygens (including phenoxy) is 1. The van der Waals surface area contributed by atoms with Gasteiger partial charge in [0, 0.05) is 53.1 Å². The molecule has 3 aliphatic rings. The first-order chi connectivity index (χ1) is 21.8. The summed E-state index contributed by atoms with van der Waals surface area (Å²) < 4.78 is 7.99. The molecule has 1 atom stereocenters. The van der Waals surface area contributed by atoms with E-state index in [4.69, 9.17) is 27.9 Å². The first-order valence-electron chi connectivity index (χ1n) is 16.0. The maximum absolute atomic E-state index is 14.7. The van der Waals surface area contributed by atoms with Gasteiger partial charge in [-0.3, -0.25) is 24.2 Å². The van der Waals surface area contributed by atoms with Crippen molar-refractivity contribution in [2.24, 2.45) is 5.92 Å². The van der Waals surface area contributed by atoms with Crippen LogP contribution in [0.4, 0.5) is 5.69 Å². The minimum atomic E-state index is -1.25. The third kappa shape index (κ3) is 6.80. The standard InChI is InChI=1S/C34H39Cl2N3O5S/c35-27-20-29(37-32(41)26-21-45-30-9-3-2-8-25(26)30)28(36)18-23(27)19-31(40)34(39-16-6-7-17-39,38-14-4-1-5-15-38)44-24-12-10-22(11-13-24)33(42)43/h2-3,8-9,18,20-22,24H,1,4-7,10-17,19H2,(H,37,41)(H,42,43). The number of amides is 1. The van der Waals surface area contributed by atoms with Crippen LogP contribution in [0.5, 0.6) is 0 Å². The highest BCUT2D eigenvalue weighted by atomic mass is 35.5. The Kier molecular flexibility index (Phi) is 10.1. The lowest BCUT2D eigenvalue weighted by Crippen LogP contribution is -2.68. The van der Waals surface area contributed by atoms with E-state index in [1.807, 2.05) is 29.6 Å². The van der Waals surface area contributed by atoms with Gasteiger partial charge in [0.05, 0.1) is 28.3 Å². The number of fused-ring (bicyclic) bond motifs is 1. The molecule has 3 fully saturated rings. The van der Waals surface area contributed by atoms with E-state index in [0.717, 1.165) is 68.4 Å². The van der Waals surface area contributed by atoms with Crippen molar-refractivity contribution >= 4 is 68.0 Å². The van der Waals surface area contributed by atoms with Crippen LogP contribution in [0.1, 0.15) is 73.7 Å². The minimum Gasteiger partial charge on any atom is -0.481 e. The fourth-order valence-electron chi connectivity index (χ4n) is 7.10. The van der Waals surface area contributed by atoms with E-state index >= 15 is 0 Å². The number of carboxylic acids is 1. The smallest absolute Gasteiger partial charge is 0.306 e. The average Bonchev–Trinajstić information content (AvgIpc) is 3.74. The van der Waals surface area contributed by atoms with E-state index in [1.54, 1.807) is 12.1 Å². The molecule has 0 radical (unpaired) electrons. The second-order valence-corrected chi connectivity index (χ2v) is 14.1. The molecule has 45 heavy (non-hydrogen) atoms. The number of carbonyl (C=O) groups is 3. The Hall–Kier alpha value is -2.53. The summed E-state index contributed by atoms with van der Waals surface area (Å²) >= 11 is 15.0. The number of aliphatic carboxylic acids is 1. The molecular weight excluding hydrogens is 633 g/mol. The van der Waals surface area contributed by atoms with Crippen LogP contribution >= 0.6 is 34.5 Å². The molecule has 0 spiro atoms. The van der Waals surface area contributed by atoms with Crippen LogP contribution < -0.4 is 5.32 Å². The number of nitrogens with zero attached hydrogens (tertiary/aromatic N) is 2. The van der Waals surface area contributed by atoms with Gasteiger partial charge in [-0.05, 0) is 75.1 Å². The third-order valence-electron chi connectivity index (χ3n) is 9.50. The molecule has 240 valence electrons. The SMILES string of the molecule is O=C(Nc1cc(Cl)c(CC(=O)C(OC2CCC(C(=O)O)CC2)(N2CCCCC2)N2CCCC2)cc1Cl)c1csc2ccccc12. The summed E-state index contributed by atoms with van der Waals surface area (Å²) in [5.41, 5.74) is 1.52. The Balaban J connectivity index is 1.26. The minimum absolute atomic E-state index is 0.0133. The van der Waals surface area contributed by atoms with Crippen LogP contribution in [0.3, 0.4) is 0 Å². The summed E-state index contributed by atoms with van der Waals surface area (Å²) in [6.45, 7) is 3.01. The van der Waals surface area contributed by atoms with Gasteiger partial charge >= 0.3 is 5.97 Å². The van der Waals surface area contributed by atoms with Gasteiger partial charge in [-0.15, -0.1) is 11.3 Å². The average molecular weight is 673 g/mol. The number of ketones is 1. The first kappa shape index (κ1) is 32.4. The van der Waals surface area contributed by atoms with Crippen molar-refractivity contribution in [2.75, 3.05) is 31.5 Å². The van der Waals surface area contributed by atoms with Crippen LogP contribution in [0.15, 0.2) is 41.8 Å². The van der Waals surface area contributed by atoms with Gasteiger partial charge in [0.25, 0.3) is 5.91 Å². The quantitative estimate of drug-likeness (QED) is 0.231. The predicted octanol–water partition coefficient (Wildman–Crippen LogP) is 7.47. The Bertz CT molecular complexity index is 1560. The van der Waals surface area contributed by atoms with E-state index in [-0.39, 0.29) is 30.1 Å². The fraction of sp³-hybridized carbons (Fsp3) is 0.500. The summed E-state index contributed by atoms with van der Waals surface area (Å²) in [5.74, 6) is -2.75. The van der Waals surface area contributed by atoms with Crippen LogP contribution in [-0.2, 0) is 20.7 Å². The summed E-state index contributed by atoms with van der Waals surface area (Å²) in [4.78, 5) is 43.9. The molecule has 1 saturated carbocycles. The number of piperidine rings is 1. The zero-order valence-electron chi connectivity index (χ0n) is 25.2. The topological polar surface area (TPSA) is 99.2 Å². The lowest BCUT2D eigenvalue weighted by molar-refractivity contribution is -0.258. The first-order valence-corrected chi connectivity index (χ1v) is 17.6. The van der Waals surface area contributed by atoms with E-state index < -0.39 is 11.8 Å². The van der Waals surface area contributed by atoms with E-state index in [2.05, 4.69) is 15.1 Å². The number of rotatable bonds is 10. The lowest BCUT2D eigenvalue weighted by atomic mass is 9.87. The number of benzene rings is 2. The van der Waals surface area contributed by atoms with E-state index in [1.165, 1.54) is 11.3 Å². The van der Waals surface area contributed by atoms with Gasteiger partial charge in [-0.2, -0.15) is 0 Å². The molecule has 8 nitrogen and oxygen atoms in total. The van der Waals surface area contributed by atoms with Crippen LogP contribution in [0.2, 0.25) is 10.0 Å². The third-order valence-corrected chi connectivity index (χ3v) is 11.1. The maximum atomic E-state index is 14.7. The zero-order chi connectivity index (χ0) is 31.6. The molecule has 2 saturated heterocycles. The molecule has 6 rings (SSSR count). The summed E-state index contributed by atoms with van der Waals surface area (Å²) in [6, 6.07) is 11.0. The van der Waals surface area contributed by atoms with Crippen LogP contribution in [0, 0.1) is 5.92 Å². The van der Waals surface area contributed by atoms with Crippen molar-refractivity contribution in [3.63, 3.8) is 0 Å². The maximum Gasteiger partial charge on any atom is 0.306 e. The molecular formula is C34H39Cl2N3O5S. The lowest BCUT2D eigenvalue weighted by Gasteiger charge is -2.51. The zero-order valence-corrected chi connectivity index (χ0v) is 27.6. The van der Waals surface area contributed by atoms with Gasteiger partial charge in [0.2, 0.25) is 5.85 Å². The highest BCUT2D eigenvalue weighted by molar-refractivity contribution is 7.17. The van der Waals surface area contributed by atoms with Gasteiger partial charge in [0.1, 0.15) is 0 Å². The molecule has 2 aromatic carbocycles. The Labute approximate surface area is 277 Å². The van der Waals surface area contributed by atoms with Crippen LogP contribution in [0.25, 0.3) is 10.1 Å². The largest absolute Gasteiger partial charge is 0.481 e. The van der Waals surface area contributed by atoms with Crippen molar-refractivity contribution in [3.8, 4) is 0 Å². The monoisotopic (exact) mass is 671 g/mol. The second-order valence-electron chi connectivity index (χ2n) is 12.4. The van der Waals surface area contributed by atoms with Crippen molar-refractivity contribution in [1.82, 2.24) is 9.80 Å². The summed E-state index contributed by atoms with van der Waals surface area (Å²) in [6.07, 6.45) is 7.15. The number of carbonyl (C=O) groups excluding carboxylic acids is 2. The normalized spacial score (nSPS) is 22.7. The molecule has 3 aromatic rings. The van der Waals surface area contributed by atoms with Crippen molar-refractivity contribution in [1.29, 1.82) is 0 Å². The predicted molar refractivity (Wildman–Crippen MR) is 178 cm³/mol. The molecule has 1 amide bonds. The Morgan fingerprint density at radius 3 is 2.22 bits per heavy atom. The number of anilines is 1. The number of hydrogen-bond donors (Lipinski definition) is 2. The fourth-order valence-corrected chi connectivity index (χ4v) is 8.50. The van der Waals surface area contributed by atoms with Gasteiger partial charge in [0.15, 0.2) is 5.78 Å². The second kappa shape index (κ2) is 14.1. The highest BCUT2D eigenvalue weighted by Crippen LogP contribution is 2.38. The molecule has 2 N–H and O–H groups in total. The van der Waals surface area contributed by atoms with E-state index in [9.17, 15) is 19.5 Å².